The molecule has 0 heterocycles. The van der Waals surface area contributed by atoms with E-state index in [2.05, 4.69) is 111 Å². The Labute approximate surface area is 504 Å². The average molecular weight is 1130 g/mol. The van der Waals surface area contributed by atoms with Crippen molar-refractivity contribution in [3.8, 4) is 0 Å². The van der Waals surface area contributed by atoms with Crippen molar-refractivity contribution in [2.75, 3.05) is 13.2 Å². The minimum absolute atomic E-state index is 0.0643. The molecule has 0 aliphatic rings. The molecule has 1 atom stereocenters. The van der Waals surface area contributed by atoms with Crippen LogP contribution < -0.4 is 0 Å². The van der Waals surface area contributed by atoms with Gasteiger partial charge in [-0.15, -0.1) is 0 Å². The van der Waals surface area contributed by atoms with Crippen LogP contribution >= 0.6 is 0 Å². The number of hydrogen-bond acceptors (Lipinski definition) is 5. The lowest BCUT2D eigenvalue weighted by molar-refractivity contribution is -0.161. The molecule has 0 saturated heterocycles. The fourth-order valence-electron chi connectivity index (χ4n) is 10.4. The number of carbonyl (C=O) groups excluding carboxylic acids is 2. The molecule has 0 rings (SSSR count). The maximum Gasteiger partial charge on any atom is 0.306 e. The first kappa shape index (κ1) is 77.8. The number of unbranched alkanes of at least 4 members (excludes halogenated alkanes) is 41. The maximum atomic E-state index is 12.4. The summed E-state index contributed by atoms with van der Waals surface area (Å²) in [6.07, 6.45) is 102. The predicted octanol–water partition coefficient (Wildman–Crippen LogP) is 24.6. The summed E-state index contributed by atoms with van der Waals surface area (Å²) in [5.74, 6) is -0.576. The van der Waals surface area contributed by atoms with Crippen molar-refractivity contribution in [1.29, 1.82) is 0 Å². The largest absolute Gasteiger partial charge is 0.462 e. The van der Waals surface area contributed by atoms with E-state index in [0.29, 0.717) is 12.8 Å². The lowest BCUT2D eigenvalue weighted by atomic mass is 10.0. The van der Waals surface area contributed by atoms with Crippen LogP contribution in [0.25, 0.3) is 0 Å². The number of ether oxygens (including phenoxy) is 2. The van der Waals surface area contributed by atoms with Gasteiger partial charge in [0.1, 0.15) is 6.61 Å². The van der Waals surface area contributed by atoms with Crippen LogP contribution in [0.2, 0.25) is 0 Å². The van der Waals surface area contributed by atoms with Crippen molar-refractivity contribution in [3.63, 3.8) is 0 Å². The molecule has 0 fully saturated rings. The molecule has 0 aromatic heterocycles. The summed E-state index contributed by atoms with van der Waals surface area (Å²) < 4.78 is 10.8. The number of carbonyl (C=O) groups is 2. The third-order valence-electron chi connectivity index (χ3n) is 15.6. The van der Waals surface area contributed by atoms with Crippen molar-refractivity contribution in [3.05, 3.63) is 97.2 Å². The van der Waals surface area contributed by atoms with E-state index in [4.69, 9.17) is 9.47 Å². The first-order valence-corrected chi connectivity index (χ1v) is 35.3. The number of aliphatic hydroxyl groups is 1. The van der Waals surface area contributed by atoms with E-state index in [1.165, 1.54) is 238 Å². The molecule has 468 valence electrons. The van der Waals surface area contributed by atoms with Crippen LogP contribution in [0.4, 0.5) is 0 Å². The van der Waals surface area contributed by atoms with Gasteiger partial charge in [0.15, 0.2) is 6.10 Å². The van der Waals surface area contributed by atoms with Gasteiger partial charge >= 0.3 is 11.9 Å². The van der Waals surface area contributed by atoms with Crippen molar-refractivity contribution in [2.24, 2.45) is 0 Å². The number of aliphatic hydroxyl groups excluding tert-OH is 1. The van der Waals surface area contributed by atoms with Crippen LogP contribution in [0.5, 0.6) is 0 Å². The van der Waals surface area contributed by atoms with Gasteiger partial charge in [-0.1, -0.05) is 361 Å². The molecule has 0 saturated carbocycles. The van der Waals surface area contributed by atoms with Gasteiger partial charge in [0.05, 0.1) is 6.61 Å². The molecule has 5 nitrogen and oxygen atoms in total. The van der Waals surface area contributed by atoms with Gasteiger partial charge in [0.25, 0.3) is 0 Å². The zero-order valence-corrected chi connectivity index (χ0v) is 53.8. The molecular formula is C76H134O5. The van der Waals surface area contributed by atoms with Crippen molar-refractivity contribution in [1.82, 2.24) is 0 Å². The van der Waals surface area contributed by atoms with Gasteiger partial charge < -0.3 is 14.6 Å². The van der Waals surface area contributed by atoms with E-state index in [1.807, 2.05) is 0 Å². The van der Waals surface area contributed by atoms with Gasteiger partial charge in [-0.25, -0.2) is 0 Å². The molecule has 0 radical (unpaired) electrons. The fourth-order valence-corrected chi connectivity index (χ4v) is 10.4. The normalized spacial score (nSPS) is 12.8. The first-order chi connectivity index (χ1) is 40.1. The Morgan fingerprint density at radius 2 is 0.531 bits per heavy atom. The Kier molecular flexibility index (Phi) is 68.3. The van der Waals surface area contributed by atoms with Crippen LogP contribution in [0.1, 0.15) is 354 Å². The molecule has 0 aliphatic heterocycles. The van der Waals surface area contributed by atoms with E-state index in [0.717, 1.165) is 89.9 Å². The minimum Gasteiger partial charge on any atom is -0.462 e. The highest BCUT2D eigenvalue weighted by molar-refractivity contribution is 5.70. The van der Waals surface area contributed by atoms with Crippen LogP contribution in [-0.4, -0.2) is 36.4 Å². The van der Waals surface area contributed by atoms with Gasteiger partial charge in [-0.05, 0) is 77.0 Å². The molecule has 0 amide bonds. The summed E-state index contributed by atoms with van der Waals surface area (Å²) in [7, 11) is 0. The number of allylic oxidation sites excluding steroid dienone is 16. The van der Waals surface area contributed by atoms with E-state index in [9.17, 15) is 14.7 Å². The predicted molar refractivity (Wildman–Crippen MR) is 357 cm³/mol. The second-order valence-electron chi connectivity index (χ2n) is 23.6. The molecule has 81 heavy (non-hydrogen) atoms. The molecule has 0 aromatic rings. The summed E-state index contributed by atoms with van der Waals surface area (Å²) in [5, 5.41) is 9.70. The van der Waals surface area contributed by atoms with Crippen molar-refractivity contribution in [2.45, 2.75) is 360 Å². The SMILES string of the molecule is CC/C=C\C/C=C\C/C=C\C/C=C\C/C=C\C/C=C\C/C=C\C/C=C\CCCCCCCCCCCCCCCCC(=O)OC(CO)COC(=O)CCCCCCCCCCCCCCCCCCCCCCCCCCCCCC. The van der Waals surface area contributed by atoms with Crippen LogP contribution in [0, 0.1) is 0 Å². The summed E-state index contributed by atoms with van der Waals surface area (Å²) in [5.41, 5.74) is 0. The summed E-state index contributed by atoms with van der Waals surface area (Å²) in [4.78, 5) is 24.7. The van der Waals surface area contributed by atoms with Crippen LogP contribution in [-0.2, 0) is 19.1 Å². The first-order valence-electron chi connectivity index (χ1n) is 35.3. The summed E-state index contributed by atoms with van der Waals surface area (Å²) in [6.45, 7) is 4.07. The molecule has 1 N–H and O–H groups in total. The number of esters is 2. The van der Waals surface area contributed by atoms with E-state index in [1.54, 1.807) is 0 Å². The lowest BCUT2D eigenvalue weighted by Crippen LogP contribution is -2.28. The molecule has 0 aliphatic carbocycles. The minimum atomic E-state index is -0.776. The van der Waals surface area contributed by atoms with Gasteiger partial charge in [0.2, 0.25) is 0 Å². The third-order valence-corrected chi connectivity index (χ3v) is 15.6. The molecule has 1 unspecified atom stereocenters. The number of hydrogen-bond donors (Lipinski definition) is 1. The monoisotopic (exact) mass is 1130 g/mol. The average Bonchev–Trinajstić information content (AvgIpc) is 3.47. The van der Waals surface area contributed by atoms with Crippen molar-refractivity contribution >= 4 is 11.9 Å². The Morgan fingerprint density at radius 3 is 0.802 bits per heavy atom. The summed E-state index contributed by atoms with van der Waals surface area (Å²) >= 11 is 0. The Hall–Kier alpha value is -3.18. The molecular weight excluding hydrogens is 993 g/mol. The van der Waals surface area contributed by atoms with E-state index < -0.39 is 6.10 Å². The van der Waals surface area contributed by atoms with Gasteiger partial charge in [0, 0.05) is 12.8 Å². The van der Waals surface area contributed by atoms with E-state index in [-0.39, 0.29) is 25.2 Å². The second-order valence-corrected chi connectivity index (χ2v) is 23.6. The smallest absolute Gasteiger partial charge is 0.306 e. The lowest BCUT2D eigenvalue weighted by Gasteiger charge is -2.15. The van der Waals surface area contributed by atoms with Crippen molar-refractivity contribution < 1.29 is 24.2 Å². The molecule has 0 spiro atoms. The Balaban J connectivity index is 3.46. The zero-order chi connectivity index (χ0) is 58.4. The number of rotatable bonds is 65. The Morgan fingerprint density at radius 1 is 0.296 bits per heavy atom. The maximum absolute atomic E-state index is 12.4. The highest BCUT2D eigenvalue weighted by atomic mass is 16.6. The second kappa shape index (κ2) is 71.1. The zero-order valence-electron chi connectivity index (χ0n) is 53.8. The van der Waals surface area contributed by atoms with E-state index >= 15 is 0 Å². The van der Waals surface area contributed by atoms with Gasteiger partial charge in [-0.3, -0.25) is 9.59 Å². The Bertz CT molecular complexity index is 1510. The topological polar surface area (TPSA) is 72.8 Å². The summed E-state index contributed by atoms with van der Waals surface area (Å²) in [6, 6.07) is 0. The molecule has 0 aromatic carbocycles. The third kappa shape index (κ3) is 69.2. The van der Waals surface area contributed by atoms with Gasteiger partial charge in [-0.2, -0.15) is 0 Å². The molecule has 0 bridgehead atoms. The quantitative estimate of drug-likeness (QED) is 0.0373. The molecule has 5 heteroatoms. The highest BCUT2D eigenvalue weighted by Gasteiger charge is 2.16. The standard InChI is InChI=1S/C76H134O5/c1-3-5-7-9-11-13-15-17-19-21-23-25-27-29-31-33-34-35-36-37-38-39-40-41-42-43-45-47-49-51-53-55-57-59-61-63-65-67-69-71-76(79)81-74(72-77)73-80-75(78)70-68-66-64-62-60-58-56-54-52-50-48-46-44-32-30-28-26-24-22-20-18-16-14-12-10-8-6-4-2/h5,7,11,13,17,19,23,25,29,31,34-35,37-38,40-41,74,77H,3-4,6,8-10,12,14-16,18,20-22,24,26-28,30,32-33,36,39,42-73H2,1-2H3/b7-5-,13-11-,19-17-,25-23-,31-29-,35-34-,38-37-,41-40-. The van der Waals surface area contributed by atoms with Crippen LogP contribution in [0.15, 0.2) is 97.2 Å². The highest BCUT2D eigenvalue weighted by Crippen LogP contribution is 2.18. The fraction of sp³-hybridized carbons (Fsp3) is 0.763. The van der Waals surface area contributed by atoms with Crippen LogP contribution in [0.3, 0.4) is 0 Å².